The maximum absolute atomic E-state index is 12.3. The van der Waals surface area contributed by atoms with Gasteiger partial charge in [-0.2, -0.15) is 5.10 Å². The van der Waals surface area contributed by atoms with E-state index in [2.05, 4.69) is 10.4 Å². The van der Waals surface area contributed by atoms with Crippen LogP contribution in [-0.4, -0.2) is 33.8 Å². The molecule has 1 amide bonds. The standard InChI is InChI=1S/C18H21N3O4/c1-11(2)19-17(23)13(4)25-18(24)16-15(22)10-12(3)21(20-16)14-8-6-5-7-9-14/h5-11,13H,1-4H3,(H,19,23). The van der Waals surface area contributed by atoms with Crippen molar-refractivity contribution in [1.82, 2.24) is 15.1 Å². The number of nitrogens with one attached hydrogen (secondary N) is 1. The first kappa shape index (κ1) is 18.4. The predicted molar refractivity (Wildman–Crippen MR) is 92.7 cm³/mol. The van der Waals surface area contributed by atoms with Gasteiger partial charge in [0.25, 0.3) is 5.91 Å². The molecule has 0 saturated heterocycles. The van der Waals surface area contributed by atoms with Crippen molar-refractivity contribution >= 4 is 11.9 Å². The van der Waals surface area contributed by atoms with Crippen LogP contribution >= 0.6 is 0 Å². The summed E-state index contributed by atoms with van der Waals surface area (Å²) in [5.74, 6) is -1.36. The van der Waals surface area contributed by atoms with Crippen molar-refractivity contribution in [2.45, 2.75) is 39.8 Å². The molecule has 1 unspecified atom stereocenters. The minimum atomic E-state index is -1.03. The number of benzene rings is 1. The molecule has 0 radical (unpaired) electrons. The van der Waals surface area contributed by atoms with Crippen molar-refractivity contribution in [2.75, 3.05) is 0 Å². The maximum Gasteiger partial charge on any atom is 0.363 e. The minimum Gasteiger partial charge on any atom is -0.448 e. The lowest BCUT2D eigenvalue weighted by atomic mass is 10.2. The van der Waals surface area contributed by atoms with Crippen LogP contribution in [0.15, 0.2) is 41.2 Å². The van der Waals surface area contributed by atoms with Gasteiger partial charge < -0.3 is 10.1 Å². The highest BCUT2D eigenvalue weighted by Gasteiger charge is 2.23. The van der Waals surface area contributed by atoms with Crippen molar-refractivity contribution in [3.8, 4) is 5.69 Å². The summed E-state index contributed by atoms with van der Waals surface area (Å²) in [6, 6.07) is 10.3. The van der Waals surface area contributed by atoms with E-state index in [9.17, 15) is 14.4 Å². The van der Waals surface area contributed by atoms with Crippen LogP contribution in [0.3, 0.4) is 0 Å². The Morgan fingerprint density at radius 3 is 2.40 bits per heavy atom. The van der Waals surface area contributed by atoms with Crippen LogP contribution in [-0.2, 0) is 9.53 Å². The summed E-state index contributed by atoms with van der Waals surface area (Å²) in [5, 5.41) is 6.75. The van der Waals surface area contributed by atoms with Crippen LogP contribution < -0.4 is 10.7 Å². The lowest BCUT2D eigenvalue weighted by Gasteiger charge is -2.15. The topological polar surface area (TPSA) is 90.3 Å². The fourth-order valence-electron chi connectivity index (χ4n) is 2.19. The van der Waals surface area contributed by atoms with Gasteiger partial charge in [-0.3, -0.25) is 9.59 Å². The summed E-state index contributed by atoms with van der Waals surface area (Å²) in [7, 11) is 0. The molecule has 25 heavy (non-hydrogen) atoms. The fourth-order valence-corrected chi connectivity index (χ4v) is 2.19. The second kappa shape index (κ2) is 7.74. The zero-order valence-corrected chi connectivity index (χ0v) is 14.6. The summed E-state index contributed by atoms with van der Waals surface area (Å²) in [6.07, 6.45) is -1.03. The van der Waals surface area contributed by atoms with Gasteiger partial charge in [0.2, 0.25) is 11.1 Å². The van der Waals surface area contributed by atoms with Gasteiger partial charge in [0, 0.05) is 17.8 Å². The smallest absolute Gasteiger partial charge is 0.363 e. The van der Waals surface area contributed by atoms with Crippen LogP contribution in [0.25, 0.3) is 5.69 Å². The SMILES string of the molecule is Cc1cc(=O)c(C(=O)OC(C)C(=O)NC(C)C)nn1-c1ccccc1. The molecule has 7 heteroatoms. The molecule has 0 aliphatic rings. The molecule has 2 aromatic rings. The van der Waals surface area contributed by atoms with E-state index in [1.165, 1.54) is 17.7 Å². The normalized spacial score (nSPS) is 11.9. The number of hydrogen-bond acceptors (Lipinski definition) is 5. The maximum atomic E-state index is 12.3. The Morgan fingerprint density at radius 1 is 1.16 bits per heavy atom. The largest absolute Gasteiger partial charge is 0.448 e. The first-order valence-electron chi connectivity index (χ1n) is 7.97. The Bertz CT molecular complexity index is 828. The fraction of sp³-hybridized carbons (Fsp3) is 0.333. The third-order valence-corrected chi connectivity index (χ3v) is 3.39. The molecule has 0 saturated carbocycles. The number of carbonyl (C=O) groups excluding carboxylic acids is 2. The van der Waals surface area contributed by atoms with E-state index >= 15 is 0 Å². The van der Waals surface area contributed by atoms with E-state index in [0.717, 1.165) is 0 Å². The average molecular weight is 343 g/mol. The monoisotopic (exact) mass is 343 g/mol. The quantitative estimate of drug-likeness (QED) is 0.833. The Hall–Kier alpha value is -2.96. The summed E-state index contributed by atoms with van der Waals surface area (Å²) in [5.41, 5.74) is 0.378. The van der Waals surface area contributed by atoms with Gasteiger partial charge in [0.05, 0.1) is 5.69 Å². The summed E-state index contributed by atoms with van der Waals surface area (Å²) < 4.78 is 6.57. The van der Waals surface area contributed by atoms with E-state index in [-0.39, 0.29) is 11.7 Å². The zero-order chi connectivity index (χ0) is 18.6. The summed E-state index contributed by atoms with van der Waals surface area (Å²) >= 11 is 0. The van der Waals surface area contributed by atoms with Crippen LogP contribution in [0.4, 0.5) is 0 Å². The average Bonchev–Trinajstić information content (AvgIpc) is 2.54. The number of amides is 1. The van der Waals surface area contributed by atoms with Crippen LogP contribution in [0.5, 0.6) is 0 Å². The van der Waals surface area contributed by atoms with Crippen molar-refractivity contribution in [2.24, 2.45) is 0 Å². The minimum absolute atomic E-state index is 0.0820. The lowest BCUT2D eigenvalue weighted by molar-refractivity contribution is -0.129. The number of rotatable bonds is 5. The van der Waals surface area contributed by atoms with E-state index in [4.69, 9.17) is 4.74 Å². The molecule has 0 aliphatic carbocycles. The molecule has 1 heterocycles. The van der Waals surface area contributed by atoms with Crippen LogP contribution in [0.2, 0.25) is 0 Å². The third kappa shape index (κ3) is 4.53. The number of hydrogen-bond donors (Lipinski definition) is 1. The van der Waals surface area contributed by atoms with E-state index in [0.29, 0.717) is 11.4 Å². The Morgan fingerprint density at radius 2 is 1.80 bits per heavy atom. The first-order valence-corrected chi connectivity index (χ1v) is 7.97. The molecule has 0 aliphatic heterocycles. The molecule has 2 rings (SSSR count). The van der Waals surface area contributed by atoms with Gasteiger partial charge in [-0.1, -0.05) is 18.2 Å². The number of nitrogens with zero attached hydrogens (tertiary/aromatic N) is 2. The van der Waals surface area contributed by atoms with Crippen molar-refractivity contribution in [1.29, 1.82) is 0 Å². The van der Waals surface area contributed by atoms with Gasteiger partial charge in [-0.25, -0.2) is 9.48 Å². The molecule has 1 aromatic carbocycles. The second-order valence-corrected chi connectivity index (χ2v) is 5.96. The van der Waals surface area contributed by atoms with Crippen molar-refractivity contribution in [3.63, 3.8) is 0 Å². The van der Waals surface area contributed by atoms with Gasteiger partial charge >= 0.3 is 5.97 Å². The Balaban J connectivity index is 2.28. The highest BCUT2D eigenvalue weighted by atomic mass is 16.5. The number of aromatic nitrogens is 2. The number of aryl methyl sites for hydroxylation is 1. The van der Waals surface area contributed by atoms with E-state index in [1.807, 2.05) is 18.2 Å². The van der Waals surface area contributed by atoms with Gasteiger partial charge in [0.15, 0.2) is 6.10 Å². The predicted octanol–water partition coefficient (Wildman–Crippen LogP) is 1.61. The number of esters is 1. The van der Waals surface area contributed by atoms with Gasteiger partial charge in [0.1, 0.15) is 0 Å². The number of ether oxygens (including phenoxy) is 1. The summed E-state index contributed by atoms with van der Waals surface area (Å²) in [4.78, 5) is 36.3. The molecular formula is C18H21N3O4. The first-order chi connectivity index (χ1) is 11.8. The molecule has 1 N–H and O–H groups in total. The third-order valence-electron chi connectivity index (χ3n) is 3.39. The summed E-state index contributed by atoms with van der Waals surface area (Å²) in [6.45, 7) is 6.76. The highest BCUT2D eigenvalue weighted by Crippen LogP contribution is 2.08. The molecule has 132 valence electrons. The molecule has 0 bridgehead atoms. The highest BCUT2D eigenvalue weighted by molar-refractivity contribution is 5.90. The number of para-hydroxylation sites is 1. The van der Waals surface area contributed by atoms with Crippen molar-refractivity contribution in [3.05, 3.63) is 58.0 Å². The second-order valence-electron chi connectivity index (χ2n) is 5.96. The van der Waals surface area contributed by atoms with Gasteiger partial charge in [-0.05, 0) is 39.8 Å². The van der Waals surface area contributed by atoms with Crippen LogP contribution in [0, 0.1) is 6.92 Å². The number of carbonyl (C=O) groups is 2. The molecule has 7 nitrogen and oxygen atoms in total. The Kier molecular flexibility index (Phi) is 5.69. The Labute approximate surface area is 145 Å². The molecular weight excluding hydrogens is 322 g/mol. The van der Waals surface area contributed by atoms with E-state index < -0.39 is 23.4 Å². The zero-order valence-electron chi connectivity index (χ0n) is 14.6. The van der Waals surface area contributed by atoms with E-state index in [1.54, 1.807) is 32.9 Å². The van der Waals surface area contributed by atoms with Crippen molar-refractivity contribution < 1.29 is 14.3 Å². The molecule has 1 atom stereocenters. The lowest BCUT2D eigenvalue weighted by Crippen LogP contribution is -2.40. The van der Waals surface area contributed by atoms with Crippen LogP contribution in [0.1, 0.15) is 37.0 Å². The van der Waals surface area contributed by atoms with Gasteiger partial charge in [-0.15, -0.1) is 0 Å². The molecule has 1 aromatic heterocycles. The molecule has 0 fully saturated rings. The molecule has 0 spiro atoms.